The second kappa shape index (κ2) is 4.53. The molecule has 18 heavy (non-hydrogen) atoms. The molecule has 0 spiro atoms. The monoisotopic (exact) mass is 242 g/mol. The van der Waals surface area contributed by atoms with Gasteiger partial charge in [0.05, 0.1) is 5.56 Å². The molecule has 0 aliphatic rings. The molecule has 3 nitrogen and oxygen atoms in total. The van der Waals surface area contributed by atoms with Gasteiger partial charge in [0.1, 0.15) is 11.5 Å². The largest absolute Gasteiger partial charge is 0.508 e. The van der Waals surface area contributed by atoms with Crippen molar-refractivity contribution in [2.45, 2.75) is 13.8 Å². The summed E-state index contributed by atoms with van der Waals surface area (Å²) in [5, 5.41) is 19.1. The van der Waals surface area contributed by atoms with Crippen molar-refractivity contribution in [1.29, 1.82) is 0 Å². The van der Waals surface area contributed by atoms with Gasteiger partial charge in [-0.1, -0.05) is 18.2 Å². The zero-order chi connectivity index (χ0) is 13.3. The fourth-order valence-electron chi connectivity index (χ4n) is 2.01. The van der Waals surface area contributed by atoms with Crippen molar-refractivity contribution in [2.24, 2.45) is 0 Å². The summed E-state index contributed by atoms with van der Waals surface area (Å²) in [7, 11) is 0. The van der Waals surface area contributed by atoms with Crippen LogP contribution >= 0.6 is 0 Å². The summed E-state index contributed by atoms with van der Waals surface area (Å²) in [5.41, 5.74) is 2.39. The molecular weight excluding hydrogens is 228 g/mol. The molecule has 0 radical (unpaired) electrons. The molecular formula is C15H14O3. The van der Waals surface area contributed by atoms with E-state index in [9.17, 15) is 15.0 Å². The van der Waals surface area contributed by atoms with Crippen LogP contribution in [0.15, 0.2) is 36.4 Å². The van der Waals surface area contributed by atoms with Crippen molar-refractivity contribution in [3.05, 3.63) is 58.7 Å². The van der Waals surface area contributed by atoms with Crippen molar-refractivity contribution in [1.82, 2.24) is 0 Å². The number of carbonyl (C=O) groups is 1. The number of ketones is 1. The zero-order valence-electron chi connectivity index (χ0n) is 10.3. The lowest BCUT2D eigenvalue weighted by Crippen LogP contribution is -2.06. The number of phenolic OH excluding ortho intramolecular Hbond substituents is 2. The Morgan fingerprint density at radius 3 is 2.22 bits per heavy atom. The third kappa shape index (κ3) is 2.07. The van der Waals surface area contributed by atoms with E-state index < -0.39 is 0 Å². The van der Waals surface area contributed by atoms with Crippen molar-refractivity contribution >= 4 is 5.78 Å². The average molecular weight is 242 g/mol. The van der Waals surface area contributed by atoms with Crippen LogP contribution in [0.3, 0.4) is 0 Å². The topological polar surface area (TPSA) is 57.5 Å². The summed E-state index contributed by atoms with van der Waals surface area (Å²) in [6.07, 6.45) is 0. The first kappa shape index (κ1) is 12.2. The van der Waals surface area contributed by atoms with Crippen LogP contribution in [0.4, 0.5) is 0 Å². The Hall–Kier alpha value is -2.29. The van der Waals surface area contributed by atoms with E-state index in [0.717, 1.165) is 11.1 Å². The lowest BCUT2D eigenvalue weighted by molar-refractivity contribution is 0.103. The van der Waals surface area contributed by atoms with Gasteiger partial charge in [-0.2, -0.15) is 0 Å². The van der Waals surface area contributed by atoms with E-state index in [0.29, 0.717) is 5.56 Å². The molecule has 3 heteroatoms. The van der Waals surface area contributed by atoms with Crippen LogP contribution < -0.4 is 0 Å². The molecule has 2 rings (SSSR count). The molecule has 2 aromatic carbocycles. The van der Waals surface area contributed by atoms with E-state index >= 15 is 0 Å². The lowest BCUT2D eigenvalue weighted by atomic mass is 9.94. The van der Waals surface area contributed by atoms with Crippen LogP contribution in [0.2, 0.25) is 0 Å². The van der Waals surface area contributed by atoms with E-state index in [2.05, 4.69) is 0 Å². The highest BCUT2D eigenvalue weighted by molar-refractivity contribution is 6.12. The van der Waals surface area contributed by atoms with Crippen LogP contribution in [0.5, 0.6) is 11.5 Å². The molecule has 0 bridgehead atoms. The van der Waals surface area contributed by atoms with E-state index in [1.54, 1.807) is 0 Å². The maximum Gasteiger partial charge on any atom is 0.197 e. The van der Waals surface area contributed by atoms with Gasteiger partial charge in [0.15, 0.2) is 5.78 Å². The lowest BCUT2D eigenvalue weighted by Gasteiger charge is -2.10. The molecule has 0 amide bonds. The Balaban J connectivity index is 2.58. The Kier molecular flexibility index (Phi) is 3.06. The van der Waals surface area contributed by atoms with Crippen LogP contribution in [0.25, 0.3) is 0 Å². The number of aromatic hydroxyl groups is 2. The highest BCUT2D eigenvalue weighted by Gasteiger charge is 2.17. The van der Waals surface area contributed by atoms with Crippen LogP contribution in [-0.2, 0) is 0 Å². The first-order valence-electron chi connectivity index (χ1n) is 5.63. The SMILES string of the molecule is Cc1cccc(C)c1C(=O)c1cc(O)ccc1O. The smallest absolute Gasteiger partial charge is 0.197 e. The molecule has 2 N–H and O–H groups in total. The third-order valence-corrected chi connectivity index (χ3v) is 2.93. The molecule has 2 aromatic rings. The number of phenols is 2. The summed E-state index contributed by atoms with van der Waals surface area (Å²) in [4.78, 5) is 12.4. The number of aryl methyl sites for hydroxylation is 2. The van der Waals surface area contributed by atoms with Crippen LogP contribution in [0, 0.1) is 13.8 Å². The van der Waals surface area contributed by atoms with Gasteiger partial charge >= 0.3 is 0 Å². The fraction of sp³-hybridized carbons (Fsp3) is 0.133. The molecule has 0 unspecified atom stereocenters. The minimum atomic E-state index is -0.279. The van der Waals surface area contributed by atoms with Crippen LogP contribution in [0.1, 0.15) is 27.0 Å². The molecule has 0 atom stereocenters. The van der Waals surface area contributed by atoms with Crippen molar-refractivity contribution < 1.29 is 15.0 Å². The quantitative estimate of drug-likeness (QED) is 0.628. The first-order valence-corrected chi connectivity index (χ1v) is 5.63. The molecule has 0 aliphatic heterocycles. The summed E-state index contributed by atoms with van der Waals surface area (Å²) < 4.78 is 0. The Bertz CT molecular complexity index is 595. The molecule has 0 fully saturated rings. The van der Waals surface area contributed by atoms with Gasteiger partial charge in [-0.15, -0.1) is 0 Å². The average Bonchev–Trinajstić information content (AvgIpc) is 2.32. The number of carbonyl (C=O) groups excluding carboxylic acids is 1. The standard InChI is InChI=1S/C15H14O3/c1-9-4-3-5-10(2)14(9)15(18)12-8-11(16)6-7-13(12)17/h3-8,16-17H,1-2H3. The minimum absolute atomic E-state index is 0.0395. The molecule has 0 saturated heterocycles. The molecule has 0 aromatic heterocycles. The molecule has 0 saturated carbocycles. The Labute approximate surface area is 105 Å². The van der Waals surface area contributed by atoms with Gasteiger partial charge in [-0.3, -0.25) is 4.79 Å². The predicted molar refractivity (Wildman–Crippen MR) is 69.1 cm³/mol. The minimum Gasteiger partial charge on any atom is -0.508 e. The normalized spacial score (nSPS) is 10.3. The van der Waals surface area contributed by atoms with Crippen molar-refractivity contribution in [3.8, 4) is 11.5 Å². The van der Waals surface area contributed by atoms with Gasteiger partial charge in [-0.05, 0) is 43.2 Å². The van der Waals surface area contributed by atoms with Gasteiger partial charge in [0.2, 0.25) is 0 Å². The van der Waals surface area contributed by atoms with E-state index in [1.165, 1.54) is 18.2 Å². The predicted octanol–water partition coefficient (Wildman–Crippen LogP) is 2.95. The maximum absolute atomic E-state index is 12.4. The van der Waals surface area contributed by atoms with Gasteiger partial charge in [-0.25, -0.2) is 0 Å². The number of hydrogen-bond acceptors (Lipinski definition) is 3. The first-order chi connectivity index (χ1) is 8.50. The number of benzene rings is 2. The second-order valence-corrected chi connectivity index (χ2v) is 4.30. The third-order valence-electron chi connectivity index (χ3n) is 2.93. The highest BCUT2D eigenvalue weighted by Crippen LogP contribution is 2.27. The highest BCUT2D eigenvalue weighted by atomic mass is 16.3. The Morgan fingerprint density at radius 1 is 1.00 bits per heavy atom. The molecule has 0 heterocycles. The number of hydrogen-bond donors (Lipinski definition) is 2. The maximum atomic E-state index is 12.4. The van der Waals surface area contributed by atoms with Gasteiger partial charge in [0.25, 0.3) is 0 Å². The number of rotatable bonds is 2. The summed E-state index contributed by atoms with van der Waals surface area (Å²) in [5.74, 6) is -0.443. The van der Waals surface area contributed by atoms with Gasteiger partial charge in [0, 0.05) is 5.56 Å². The molecule has 0 aliphatic carbocycles. The van der Waals surface area contributed by atoms with Crippen molar-refractivity contribution in [3.63, 3.8) is 0 Å². The zero-order valence-corrected chi connectivity index (χ0v) is 10.3. The summed E-state index contributed by atoms with van der Waals surface area (Å²) in [6.45, 7) is 3.69. The van der Waals surface area contributed by atoms with Crippen molar-refractivity contribution in [2.75, 3.05) is 0 Å². The van der Waals surface area contributed by atoms with Gasteiger partial charge < -0.3 is 10.2 Å². The summed E-state index contributed by atoms with van der Waals surface area (Å²) >= 11 is 0. The van der Waals surface area contributed by atoms with E-state index in [1.807, 2.05) is 32.0 Å². The van der Waals surface area contributed by atoms with Crippen LogP contribution in [-0.4, -0.2) is 16.0 Å². The summed E-state index contributed by atoms with van der Waals surface area (Å²) in [6, 6.07) is 9.51. The van der Waals surface area contributed by atoms with E-state index in [-0.39, 0.29) is 22.8 Å². The Morgan fingerprint density at radius 2 is 1.61 bits per heavy atom. The fourth-order valence-corrected chi connectivity index (χ4v) is 2.01. The van der Waals surface area contributed by atoms with E-state index in [4.69, 9.17) is 0 Å². The second-order valence-electron chi connectivity index (χ2n) is 4.30. The molecule has 92 valence electrons.